The number of ether oxygens (including phenoxy) is 2. The highest BCUT2D eigenvalue weighted by Crippen LogP contribution is 2.29. The summed E-state index contributed by atoms with van der Waals surface area (Å²) < 4.78 is 11.4. The van der Waals surface area contributed by atoms with Crippen LogP contribution in [-0.2, 0) is 4.79 Å². The summed E-state index contributed by atoms with van der Waals surface area (Å²) in [5.41, 5.74) is 3.61. The monoisotopic (exact) mass is 459 g/mol. The minimum atomic E-state index is -0.764. The Hall–Kier alpha value is -3.06. The molecule has 1 unspecified atom stereocenters. The number of hydrogen-bond donors (Lipinski definition) is 2. The van der Waals surface area contributed by atoms with Gasteiger partial charge in [-0.05, 0) is 68.7 Å². The van der Waals surface area contributed by atoms with Crippen molar-refractivity contribution in [2.24, 2.45) is 11.0 Å². The molecule has 32 heavy (non-hydrogen) atoms. The fraction of sp³-hybridized carbons (Fsp3) is 0.375. The normalized spacial score (nSPS) is 12.1. The predicted octanol–water partition coefficient (Wildman–Crippen LogP) is 4.43. The van der Waals surface area contributed by atoms with Gasteiger partial charge in [0.25, 0.3) is 11.8 Å². The maximum absolute atomic E-state index is 12.6. The number of hydrogen-bond acceptors (Lipinski definition) is 5. The second-order valence-electron chi connectivity index (χ2n) is 7.75. The Morgan fingerprint density at radius 1 is 1.09 bits per heavy atom. The number of benzene rings is 2. The molecule has 2 N–H and O–H groups in total. The highest BCUT2D eigenvalue weighted by atomic mass is 35.5. The van der Waals surface area contributed by atoms with Crippen molar-refractivity contribution < 1.29 is 19.1 Å². The van der Waals surface area contributed by atoms with Gasteiger partial charge in [0.1, 0.15) is 6.04 Å². The summed E-state index contributed by atoms with van der Waals surface area (Å²) in [6.07, 6.45) is 1.53. The van der Waals surface area contributed by atoms with Gasteiger partial charge in [-0.2, -0.15) is 5.10 Å². The number of carbonyl (C=O) groups is 2. The van der Waals surface area contributed by atoms with E-state index in [2.05, 4.69) is 15.8 Å². The van der Waals surface area contributed by atoms with Crippen LogP contribution in [0.3, 0.4) is 0 Å². The van der Waals surface area contributed by atoms with Gasteiger partial charge in [-0.3, -0.25) is 9.59 Å². The topological polar surface area (TPSA) is 89.0 Å². The van der Waals surface area contributed by atoms with Gasteiger partial charge in [-0.1, -0.05) is 31.5 Å². The molecule has 0 spiro atoms. The van der Waals surface area contributed by atoms with Gasteiger partial charge in [0.05, 0.1) is 18.9 Å². The first-order chi connectivity index (χ1) is 15.2. The molecule has 8 heteroatoms. The Labute approximate surface area is 194 Å². The number of rotatable bonds is 10. The highest BCUT2D eigenvalue weighted by molar-refractivity contribution is 6.31. The summed E-state index contributed by atoms with van der Waals surface area (Å²) in [7, 11) is 0. The van der Waals surface area contributed by atoms with Crippen LogP contribution in [0.4, 0.5) is 0 Å². The first-order valence-corrected chi connectivity index (χ1v) is 10.9. The van der Waals surface area contributed by atoms with Gasteiger partial charge in [-0.25, -0.2) is 5.43 Å². The quantitative estimate of drug-likeness (QED) is 0.406. The number of carbonyl (C=O) groups excluding carboxylic acids is 2. The van der Waals surface area contributed by atoms with Crippen LogP contribution in [0, 0.1) is 5.92 Å². The van der Waals surface area contributed by atoms with Crippen LogP contribution >= 0.6 is 11.6 Å². The second-order valence-corrected chi connectivity index (χ2v) is 8.18. The molecule has 0 aromatic heterocycles. The average Bonchev–Trinajstić information content (AvgIpc) is 2.73. The summed E-state index contributed by atoms with van der Waals surface area (Å²) >= 11 is 5.95. The van der Waals surface area contributed by atoms with E-state index >= 15 is 0 Å². The molecule has 0 aliphatic heterocycles. The summed E-state index contributed by atoms with van der Waals surface area (Å²) in [5, 5.41) is 7.23. The fourth-order valence-corrected chi connectivity index (χ4v) is 3.04. The Morgan fingerprint density at radius 3 is 2.47 bits per heavy atom. The lowest BCUT2D eigenvalue weighted by atomic mass is 10.0. The number of amides is 2. The molecule has 2 amide bonds. The van der Waals surface area contributed by atoms with Gasteiger partial charge >= 0.3 is 0 Å². The van der Waals surface area contributed by atoms with Crippen molar-refractivity contribution in [1.29, 1.82) is 0 Å². The third-order valence-electron chi connectivity index (χ3n) is 4.34. The molecule has 0 heterocycles. The van der Waals surface area contributed by atoms with Crippen LogP contribution in [-0.4, -0.2) is 36.8 Å². The molecule has 2 aromatic rings. The zero-order valence-electron chi connectivity index (χ0n) is 19.0. The molecular formula is C24H30ClN3O4. The van der Waals surface area contributed by atoms with E-state index in [1.54, 1.807) is 36.4 Å². The summed E-state index contributed by atoms with van der Waals surface area (Å²) in [6, 6.07) is 11.2. The lowest BCUT2D eigenvalue weighted by Crippen LogP contribution is -2.48. The van der Waals surface area contributed by atoms with Crippen LogP contribution in [0.15, 0.2) is 47.6 Å². The van der Waals surface area contributed by atoms with E-state index in [0.29, 0.717) is 28.7 Å². The first kappa shape index (κ1) is 25.2. The Kier molecular flexibility index (Phi) is 9.53. The predicted molar refractivity (Wildman–Crippen MR) is 127 cm³/mol. The molecule has 0 saturated heterocycles. The minimum absolute atomic E-state index is 0.0168. The number of hydrazone groups is 1. The fourth-order valence-electron chi connectivity index (χ4n) is 2.85. The van der Waals surface area contributed by atoms with E-state index in [1.807, 2.05) is 40.7 Å². The third kappa shape index (κ3) is 7.57. The van der Waals surface area contributed by atoms with E-state index in [-0.39, 0.29) is 17.9 Å². The largest absolute Gasteiger partial charge is 0.490 e. The van der Waals surface area contributed by atoms with Crippen LogP contribution in [0.2, 0.25) is 5.02 Å². The molecule has 0 radical (unpaired) electrons. The molecule has 0 aliphatic carbocycles. The van der Waals surface area contributed by atoms with Crippen molar-refractivity contribution in [1.82, 2.24) is 10.7 Å². The van der Waals surface area contributed by atoms with E-state index in [0.717, 1.165) is 5.56 Å². The molecule has 2 rings (SSSR count). The standard InChI is InChI=1S/C24H30ClN3O4/c1-6-31-21-12-17(10-11-20(21)32-16(4)5)14-26-28-24(30)22(15(2)3)27-23(29)18-8-7-9-19(25)13-18/h7-16,22H,6H2,1-5H3,(H,27,29)(H,28,30)/b26-14+. The van der Waals surface area contributed by atoms with E-state index in [9.17, 15) is 9.59 Å². The van der Waals surface area contributed by atoms with Gasteiger partial charge in [0, 0.05) is 10.6 Å². The molecule has 1 atom stereocenters. The molecule has 7 nitrogen and oxygen atoms in total. The average molecular weight is 460 g/mol. The van der Waals surface area contributed by atoms with Crippen molar-refractivity contribution in [3.05, 3.63) is 58.6 Å². The summed E-state index contributed by atoms with van der Waals surface area (Å²) in [4.78, 5) is 25.1. The lowest BCUT2D eigenvalue weighted by molar-refractivity contribution is -0.123. The van der Waals surface area contributed by atoms with Crippen molar-refractivity contribution in [3.8, 4) is 11.5 Å². The lowest BCUT2D eigenvalue weighted by Gasteiger charge is -2.20. The SMILES string of the molecule is CCOc1cc(/C=N/NC(=O)C(NC(=O)c2cccc(Cl)c2)C(C)C)ccc1OC(C)C. The van der Waals surface area contributed by atoms with Crippen molar-refractivity contribution >= 4 is 29.6 Å². The Morgan fingerprint density at radius 2 is 1.84 bits per heavy atom. The van der Waals surface area contributed by atoms with Crippen LogP contribution < -0.4 is 20.2 Å². The van der Waals surface area contributed by atoms with Gasteiger partial charge in [0.15, 0.2) is 11.5 Å². The first-order valence-electron chi connectivity index (χ1n) is 10.5. The smallest absolute Gasteiger partial charge is 0.262 e. The molecular weight excluding hydrogens is 430 g/mol. The molecule has 172 valence electrons. The summed E-state index contributed by atoms with van der Waals surface area (Å²) in [6.45, 7) is 9.95. The van der Waals surface area contributed by atoms with Gasteiger partial charge in [-0.15, -0.1) is 0 Å². The summed E-state index contributed by atoms with van der Waals surface area (Å²) in [5.74, 6) is 0.297. The number of nitrogens with one attached hydrogen (secondary N) is 2. The van der Waals surface area contributed by atoms with E-state index in [1.165, 1.54) is 6.21 Å². The Balaban J connectivity index is 2.06. The van der Waals surface area contributed by atoms with Crippen molar-refractivity contribution in [3.63, 3.8) is 0 Å². The minimum Gasteiger partial charge on any atom is -0.490 e. The van der Waals surface area contributed by atoms with E-state index in [4.69, 9.17) is 21.1 Å². The third-order valence-corrected chi connectivity index (χ3v) is 4.58. The van der Waals surface area contributed by atoms with Crippen LogP contribution in [0.5, 0.6) is 11.5 Å². The molecule has 0 saturated carbocycles. The molecule has 0 aliphatic rings. The number of nitrogens with zero attached hydrogens (tertiary/aromatic N) is 1. The van der Waals surface area contributed by atoms with Gasteiger partial charge < -0.3 is 14.8 Å². The maximum Gasteiger partial charge on any atom is 0.262 e. The molecule has 0 fully saturated rings. The number of halogens is 1. The molecule has 0 bridgehead atoms. The van der Waals surface area contributed by atoms with Crippen molar-refractivity contribution in [2.45, 2.75) is 46.8 Å². The van der Waals surface area contributed by atoms with Crippen LogP contribution in [0.25, 0.3) is 0 Å². The maximum atomic E-state index is 12.6. The van der Waals surface area contributed by atoms with Crippen molar-refractivity contribution in [2.75, 3.05) is 6.61 Å². The molecule has 2 aromatic carbocycles. The zero-order chi connectivity index (χ0) is 23.7. The zero-order valence-corrected chi connectivity index (χ0v) is 19.8. The van der Waals surface area contributed by atoms with Crippen LogP contribution in [0.1, 0.15) is 50.5 Å². The second kappa shape index (κ2) is 12.1. The Bertz CT molecular complexity index is 960. The van der Waals surface area contributed by atoms with E-state index < -0.39 is 11.9 Å². The highest BCUT2D eigenvalue weighted by Gasteiger charge is 2.24. The van der Waals surface area contributed by atoms with Gasteiger partial charge in [0.2, 0.25) is 0 Å².